The van der Waals surface area contributed by atoms with Crippen LogP contribution in [-0.2, 0) is 0 Å². The number of aromatic nitrogens is 2. The Bertz CT molecular complexity index is 1150. The molecule has 5 rings (SSSR count). The predicted octanol–water partition coefficient (Wildman–Crippen LogP) is 6.28. The molecule has 6 nitrogen and oxygen atoms in total. The fourth-order valence-electron chi connectivity index (χ4n) is 4.43. The number of halogens is 3. The molecule has 1 aliphatic heterocycles. The van der Waals surface area contributed by atoms with Crippen molar-refractivity contribution in [2.75, 3.05) is 32.0 Å². The summed E-state index contributed by atoms with van der Waals surface area (Å²) in [5.41, 5.74) is 1.42. The van der Waals surface area contributed by atoms with Crippen LogP contribution in [0.2, 0.25) is 5.02 Å². The number of carbonyl (C=O) groups excluding carboxylic acids is 1. The Morgan fingerprint density at radius 3 is 2.71 bits per heavy atom. The van der Waals surface area contributed by atoms with E-state index in [1.165, 1.54) is 32.4 Å². The Morgan fingerprint density at radius 1 is 1.20 bits per heavy atom. The summed E-state index contributed by atoms with van der Waals surface area (Å²) in [5, 5.41) is 7.92. The van der Waals surface area contributed by atoms with Crippen LogP contribution in [0.25, 0.3) is 20.7 Å². The van der Waals surface area contributed by atoms with Gasteiger partial charge >= 0.3 is 0 Å². The quantitative estimate of drug-likeness (QED) is 0.320. The molecule has 35 heavy (non-hydrogen) atoms. The second-order valence-corrected chi connectivity index (χ2v) is 10.8. The molecular weight excluding hydrogens is 525 g/mol. The minimum atomic E-state index is -0.00630. The number of likely N-dealkylation sites (tertiary alicyclic amines) is 1. The molecule has 1 amide bonds. The highest BCUT2D eigenvalue weighted by molar-refractivity contribution is 7.22. The first-order chi connectivity index (χ1) is 16.1. The number of piperidine rings is 1. The number of anilines is 1. The predicted molar refractivity (Wildman–Crippen MR) is 151 cm³/mol. The third-order valence-electron chi connectivity index (χ3n) is 6.61. The van der Waals surface area contributed by atoms with Crippen molar-refractivity contribution >= 4 is 69.7 Å². The van der Waals surface area contributed by atoms with E-state index in [0.717, 1.165) is 46.7 Å². The van der Waals surface area contributed by atoms with Crippen LogP contribution in [0.3, 0.4) is 0 Å². The number of carbonyl (C=O) groups is 1. The lowest BCUT2D eigenvalue weighted by Crippen LogP contribution is -2.30. The standard InChI is InChI=1S/C25H30ClN5OS.2ClH/c1-31-12-9-16(10-13-31)4-3-11-27-25-28-15-20(26)23(30-25)22-14-19-18(5-2-6-21(19)33-22)24(32)29-17-7-8-17;;/h2,5-6,14-17H,3-4,7-13H2,1H3,(H,29,32)(H,27,28,30);2*1H. The van der Waals surface area contributed by atoms with Crippen LogP contribution < -0.4 is 10.6 Å². The lowest BCUT2D eigenvalue weighted by molar-refractivity contribution is 0.0953. The van der Waals surface area contributed by atoms with E-state index in [2.05, 4.69) is 27.6 Å². The lowest BCUT2D eigenvalue weighted by atomic mass is 9.92. The Morgan fingerprint density at radius 2 is 1.97 bits per heavy atom. The smallest absolute Gasteiger partial charge is 0.252 e. The first-order valence-corrected chi connectivity index (χ1v) is 13.0. The molecule has 0 radical (unpaired) electrons. The summed E-state index contributed by atoms with van der Waals surface area (Å²) >= 11 is 8.08. The van der Waals surface area contributed by atoms with Crippen LogP contribution in [0.5, 0.6) is 0 Å². The molecule has 0 atom stereocenters. The van der Waals surface area contributed by atoms with Crippen molar-refractivity contribution in [1.29, 1.82) is 0 Å². The number of benzene rings is 1. The second-order valence-electron chi connectivity index (χ2n) is 9.28. The average Bonchev–Trinajstić information content (AvgIpc) is 3.52. The lowest BCUT2D eigenvalue weighted by Gasteiger charge is -2.28. The molecule has 0 unspecified atom stereocenters. The minimum absolute atomic E-state index is 0. The number of amides is 1. The van der Waals surface area contributed by atoms with Gasteiger partial charge in [0.1, 0.15) is 5.69 Å². The van der Waals surface area contributed by atoms with Gasteiger partial charge in [-0.1, -0.05) is 17.7 Å². The molecule has 1 saturated heterocycles. The van der Waals surface area contributed by atoms with Gasteiger partial charge in [0.15, 0.2) is 0 Å². The number of nitrogens with one attached hydrogen (secondary N) is 2. The van der Waals surface area contributed by atoms with Crippen LogP contribution in [0.4, 0.5) is 5.95 Å². The highest BCUT2D eigenvalue weighted by atomic mass is 35.5. The van der Waals surface area contributed by atoms with E-state index in [0.29, 0.717) is 28.3 Å². The van der Waals surface area contributed by atoms with Gasteiger partial charge in [0.2, 0.25) is 5.95 Å². The van der Waals surface area contributed by atoms with Crippen molar-refractivity contribution in [2.24, 2.45) is 5.92 Å². The summed E-state index contributed by atoms with van der Waals surface area (Å²) in [4.78, 5) is 25.1. The van der Waals surface area contributed by atoms with Gasteiger partial charge in [0.05, 0.1) is 16.1 Å². The minimum Gasteiger partial charge on any atom is -0.354 e. The van der Waals surface area contributed by atoms with Crippen molar-refractivity contribution in [3.05, 3.63) is 41.0 Å². The van der Waals surface area contributed by atoms with E-state index in [-0.39, 0.29) is 30.7 Å². The fraction of sp³-hybridized carbons (Fsp3) is 0.480. The number of nitrogens with zero attached hydrogens (tertiary/aromatic N) is 3. The molecule has 0 bridgehead atoms. The fourth-order valence-corrected chi connectivity index (χ4v) is 5.77. The van der Waals surface area contributed by atoms with Crippen molar-refractivity contribution in [2.45, 2.75) is 44.6 Å². The zero-order valence-electron chi connectivity index (χ0n) is 19.8. The van der Waals surface area contributed by atoms with Crippen LogP contribution in [-0.4, -0.2) is 53.5 Å². The largest absolute Gasteiger partial charge is 0.354 e. The first-order valence-electron chi connectivity index (χ1n) is 11.9. The summed E-state index contributed by atoms with van der Waals surface area (Å²) in [6.45, 7) is 3.27. The van der Waals surface area contributed by atoms with E-state index < -0.39 is 0 Å². The van der Waals surface area contributed by atoms with E-state index >= 15 is 0 Å². The number of rotatable bonds is 8. The molecule has 3 heterocycles. The first kappa shape index (κ1) is 27.9. The number of hydrogen-bond donors (Lipinski definition) is 2. The van der Waals surface area contributed by atoms with Gasteiger partial charge in [-0.2, -0.15) is 0 Å². The number of thiophene rings is 1. The molecular formula is C25H32Cl3N5OS. The van der Waals surface area contributed by atoms with Crippen LogP contribution in [0.1, 0.15) is 48.9 Å². The molecule has 2 N–H and O–H groups in total. The van der Waals surface area contributed by atoms with Gasteiger partial charge < -0.3 is 15.5 Å². The molecule has 1 aromatic carbocycles. The van der Waals surface area contributed by atoms with Crippen molar-refractivity contribution < 1.29 is 4.79 Å². The van der Waals surface area contributed by atoms with Crippen molar-refractivity contribution in [3.8, 4) is 10.6 Å². The second kappa shape index (κ2) is 12.5. The number of fused-ring (bicyclic) bond motifs is 1. The Kier molecular flexibility index (Phi) is 10.0. The molecule has 0 spiro atoms. The third kappa shape index (κ3) is 6.98. The van der Waals surface area contributed by atoms with Crippen LogP contribution >= 0.6 is 47.8 Å². The van der Waals surface area contributed by atoms with Gasteiger partial charge in [0, 0.05) is 28.2 Å². The highest BCUT2D eigenvalue weighted by Crippen LogP contribution is 2.37. The third-order valence-corrected chi connectivity index (χ3v) is 7.99. The monoisotopic (exact) mass is 555 g/mol. The molecule has 2 fully saturated rings. The molecule has 1 aliphatic carbocycles. The molecule has 10 heteroatoms. The van der Waals surface area contributed by atoms with E-state index in [4.69, 9.17) is 16.6 Å². The summed E-state index contributed by atoms with van der Waals surface area (Å²) in [6.07, 6.45) is 8.74. The molecule has 190 valence electrons. The van der Waals surface area contributed by atoms with Crippen LogP contribution in [0.15, 0.2) is 30.5 Å². The number of hydrogen-bond acceptors (Lipinski definition) is 6. The summed E-state index contributed by atoms with van der Waals surface area (Å²) in [6, 6.07) is 8.21. The summed E-state index contributed by atoms with van der Waals surface area (Å²) < 4.78 is 1.05. The molecule has 2 aromatic heterocycles. The average molecular weight is 557 g/mol. The maximum absolute atomic E-state index is 12.7. The maximum Gasteiger partial charge on any atom is 0.252 e. The van der Waals surface area contributed by atoms with Crippen molar-refractivity contribution in [3.63, 3.8) is 0 Å². The van der Waals surface area contributed by atoms with Crippen molar-refractivity contribution in [1.82, 2.24) is 20.2 Å². The zero-order chi connectivity index (χ0) is 22.8. The summed E-state index contributed by atoms with van der Waals surface area (Å²) in [5.74, 6) is 1.42. The Balaban J connectivity index is 0.00000171. The molecule has 2 aliphatic rings. The topological polar surface area (TPSA) is 70.2 Å². The van der Waals surface area contributed by atoms with E-state index in [1.54, 1.807) is 17.5 Å². The van der Waals surface area contributed by atoms with Crippen LogP contribution in [0, 0.1) is 5.92 Å². The molecule has 3 aromatic rings. The Hall–Kier alpha value is -1.64. The van der Waals surface area contributed by atoms with Gasteiger partial charge in [-0.25, -0.2) is 9.97 Å². The van der Waals surface area contributed by atoms with Gasteiger partial charge in [-0.05, 0) is 82.8 Å². The highest BCUT2D eigenvalue weighted by Gasteiger charge is 2.25. The zero-order valence-corrected chi connectivity index (χ0v) is 23.0. The van der Waals surface area contributed by atoms with Gasteiger partial charge in [0.25, 0.3) is 5.91 Å². The Labute approximate surface area is 228 Å². The maximum atomic E-state index is 12.7. The van der Waals surface area contributed by atoms with Gasteiger partial charge in [-0.15, -0.1) is 36.2 Å². The van der Waals surface area contributed by atoms with E-state index in [9.17, 15) is 4.79 Å². The van der Waals surface area contributed by atoms with Gasteiger partial charge in [-0.3, -0.25) is 4.79 Å². The normalized spacial score (nSPS) is 16.4. The van der Waals surface area contributed by atoms with E-state index in [1.807, 2.05) is 24.3 Å². The summed E-state index contributed by atoms with van der Waals surface area (Å²) in [7, 11) is 2.20. The molecule has 1 saturated carbocycles. The SMILES string of the molecule is CN1CCC(CCCNc2ncc(Cl)c(-c3cc4c(C(=O)NC5CC5)cccc4s3)n2)CC1.Cl.Cl.